The van der Waals surface area contributed by atoms with Crippen molar-refractivity contribution in [3.8, 4) is 5.75 Å². The summed E-state index contributed by atoms with van der Waals surface area (Å²) >= 11 is 0. The maximum Gasteiger partial charge on any atom is 0.342 e. The van der Waals surface area contributed by atoms with E-state index in [9.17, 15) is 9.59 Å². The smallest absolute Gasteiger partial charge is 0.342 e. The minimum atomic E-state index is -0.559. The fourth-order valence-corrected chi connectivity index (χ4v) is 3.71. The predicted molar refractivity (Wildman–Crippen MR) is 112 cm³/mol. The number of esters is 1. The molecule has 3 rings (SSSR count). The lowest BCUT2D eigenvalue weighted by atomic mass is 9.86. The van der Waals surface area contributed by atoms with E-state index in [0.29, 0.717) is 23.8 Å². The first-order chi connectivity index (χ1) is 14.0. The van der Waals surface area contributed by atoms with E-state index in [1.165, 1.54) is 6.42 Å². The van der Waals surface area contributed by atoms with Gasteiger partial charge in [-0.1, -0.05) is 61.7 Å². The van der Waals surface area contributed by atoms with E-state index in [0.717, 1.165) is 30.4 Å². The molecule has 5 heteroatoms. The highest BCUT2D eigenvalue weighted by Crippen LogP contribution is 2.24. The Morgan fingerprint density at radius 2 is 1.86 bits per heavy atom. The molecular weight excluding hydrogens is 366 g/mol. The summed E-state index contributed by atoms with van der Waals surface area (Å²) in [6.45, 7) is 4.24. The first kappa shape index (κ1) is 20.9. The van der Waals surface area contributed by atoms with Crippen LogP contribution in [0.2, 0.25) is 0 Å². The zero-order chi connectivity index (χ0) is 20.6. The van der Waals surface area contributed by atoms with Crippen LogP contribution in [0.4, 0.5) is 0 Å². The summed E-state index contributed by atoms with van der Waals surface area (Å²) in [5.74, 6) is 0.0893. The predicted octanol–water partition coefficient (Wildman–Crippen LogP) is 4.43. The zero-order valence-electron chi connectivity index (χ0n) is 17.1. The third-order valence-corrected chi connectivity index (χ3v) is 5.38. The molecule has 0 spiro atoms. The van der Waals surface area contributed by atoms with Gasteiger partial charge in [-0.15, -0.1) is 0 Å². The van der Waals surface area contributed by atoms with Gasteiger partial charge in [-0.25, -0.2) is 4.79 Å². The van der Waals surface area contributed by atoms with E-state index < -0.39 is 5.97 Å². The number of ether oxygens (including phenoxy) is 2. The third-order valence-electron chi connectivity index (χ3n) is 5.38. The fraction of sp³-hybridized carbons (Fsp3) is 0.417. The summed E-state index contributed by atoms with van der Waals surface area (Å²) in [6.07, 6.45) is 4.44. The number of rotatable bonds is 7. The number of hydrogen-bond acceptors (Lipinski definition) is 4. The van der Waals surface area contributed by atoms with Crippen molar-refractivity contribution in [3.63, 3.8) is 0 Å². The Morgan fingerprint density at radius 3 is 2.66 bits per heavy atom. The Bertz CT molecular complexity index is 848. The molecule has 1 saturated carbocycles. The van der Waals surface area contributed by atoms with Crippen LogP contribution in [0.25, 0.3) is 0 Å². The molecule has 0 unspecified atom stereocenters. The molecule has 0 bridgehead atoms. The van der Waals surface area contributed by atoms with Gasteiger partial charge in [0.1, 0.15) is 17.9 Å². The van der Waals surface area contributed by atoms with E-state index in [1.807, 2.05) is 31.2 Å². The number of hydrogen-bond donors (Lipinski definition) is 1. The first-order valence-corrected chi connectivity index (χ1v) is 10.3. The summed E-state index contributed by atoms with van der Waals surface area (Å²) in [4.78, 5) is 24.7. The van der Waals surface area contributed by atoms with Crippen LogP contribution in [0.3, 0.4) is 0 Å². The molecule has 1 aliphatic rings. The van der Waals surface area contributed by atoms with Crippen LogP contribution in [-0.2, 0) is 16.1 Å². The highest BCUT2D eigenvalue weighted by Gasteiger charge is 2.23. The van der Waals surface area contributed by atoms with E-state index in [-0.39, 0.29) is 18.6 Å². The largest absolute Gasteiger partial charge is 0.488 e. The van der Waals surface area contributed by atoms with Crippen molar-refractivity contribution in [2.75, 3.05) is 6.61 Å². The Hall–Kier alpha value is -2.82. The zero-order valence-corrected chi connectivity index (χ0v) is 17.1. The van der Waals surface area contributed by atoms with Crippen molar-refractivity contribution in [1.82, 2.24) is 5.32 Å². The molecule has 0 aliphatic heterocycles. The second-order valence-corrected chi connectivity index (χ2v) is 7.79. The van der Waals surface area contributed by atoms with Gasteiger partial charge in [0, 0.05) is 6.04 Å². The van der Waals surface area contributed by atoms with E-state index in [2.05, 4.69) is 12.2 Å². The van der Waals surface area contributed by atoms with Gasteiger partial charge >= 0.3 is 5.97 Å². The molecular formula is C24H29NO4. The van der Waals surface area contributed by atoms with Gasteiger partial charge in [0.2, 0.25) is 0 Å². The third kappa shape index (κ3) is 6.08. The molecule has 2 aromatic rings. The normalized spacial score (nSPS) is 18.7. The molecule has 1 fully saturated rings. The number of nitrogens with one attached hydrogen (secondary N) is 1. The van der Waals surface area contributed by atoms with Crippen LogP contribution < -0.4 is 10.1 Å². The van der Waals surface area contributed by atoms with Crippen molar-refractivity contribution in [2.45, 2.75) is 52.2 Å². The summed E-state index contributed by atoms with van der Waals surface area (Å²) in [7, 11) is 0. The molecule has 5 nitrogen and oxygen atoms in total. The van der Waals surface area contributed by atoms with Gasteiger partial charge in [-0.05, 0) is 43.4 Å². The second kappa shape index (κ2) is 10.1. The van der Waals surface area contributed by atoms with Crippen LogP contribution >= 0.6 is 0 Å². The number of carbonyl (C=O) groups excluding carboxylic acids is 2. The molecule has 1 N–H and O–H groups in total. The molecule has 2 atom stereocenters. The van der Waals surface area contributed by atoms with E-state index in [4.69, 9.17) is 9.47 Å². The van der Waals surface area contributed by atoms with Crippen molar-refractivity contribution < 1.29 is 19.1 Å². The molecule has 0 aromatic heterocycles. The summed E-state index contributed by atoms with van der Waals surface area (Å²) in [6, 6.07) is 15.1. The lowest BCUT2D eigenvalue weighted by Crippen LogP contribution is -2.42. The van der Waals surface area contributed by atoms with Gasteiger partial charge in [0.25, 0.3) is 5.91 Å². The van der Waals surface area contributed by atoms with E-state index >= 15 is 0 Å². The standard InChI is InChI=1S/C24H29NO4/c1-17-8-7-10-19(14-17)15-28-22-13-6-4-11-20(22)24(27)29-16-23(26)25-21-12-5-3-9-18(21)2/h4,6-8,10-11,13-14,18,21H,3,5,9,12,15-16H2,1-2H3,(H,25,26)/t18-,21+/m0/s1. The van der Waals surface area contributed by atoms with Crippen LogP contribution in [0.1, 0.15) is 54.1 Å². The molecule has 154 valence electrons. The SMILES string of the molecule is Cc1cccc(COc2ccccc2C(=O)OCC(=O)N[C@@H]2CCCC[C@@H]2C)c1. The Labute approximate surface area is 172 Å². The van der Waals surface area contributed by atoms with Crippen molar-refractivity contribution in [1.29, 1.82) is 0 Å². The van der Waals surface area contributed by atoms with Gasteiger partial charge in [-0.2, -0.15) is 0 Å². The average Bonchev–Trinajstić information content (AvgIpc) is 2.72. The van der Waals surface area contributed by atoms with Crippen LogP contribution in [0.5, 0.6) is 5.75 Å². The van der Waals surface area contributed by atoms with E-state index in [1.54, 1.807) is 24.3 Å². The lowest BCUT2D eigenvalue weighted by Gasteiger charge is -2.29. The maximum absolute atomic E-state index is 12.5. The minimum absolute atomic E-state index is 0.167. The molecule has 0 saturated heterocycles. The number of para-hydroxylation sites is 1. The molecule has 29 heavy (non-hydrogen) atoms. The molecule has 0 radical (unpaired) electrons. The number of benzene rings is 2. The highest BCUT2D eigenvalue weighted by atomic mass is 16.5. The van der Waals surface area contributed by atoms with Crippen molar-refractivity contribution in [3.05, 3.63) is 65.2 Å². The fourth-order valence-electron chi connectivity index (χ4n) is 3.71. The minimum Gasteiger partial charge on any atom is -0.488 e. The summed E-state index contributed by atoms with van der Waals surface area (Å²) in [5, 5.41) is 2.99. The molecule has 0 heterocycles. The van der Waals surface area contributed by atoms with Crippen LogP contribution in [0, 0.1) is 12.8 Å². The molecule has 1 aliphatic carbocycles. The monoisotopic (exact) mass is 395 g/mol. The van der Waals surface area contributed by atoms with Crippen molar-refractivity contribution >= 4 is 11.9 Å². The van der Waals surface area contributed by atoms with Gasteiger partial charge < -0.3 is 14.8 Å². The molecule has 1 amide bonds. The summed E-state index contributed by atoms with van der Waals surface area (Å²) < 4.78 is 11.1. The quantitative estimate of drug-likeness (QED) is 0.705. The van der Waals surface area contributed by atoms with Gasteiger partial charge in [-0.3, -0.25) is 4.79 Å². The second-order valence-electron chi connectivity index (χ2n) is 7.79. The average molecular weight is 395 g/mol. The van der Waals surface area contributed by atoms with Crippen LogP contribution in [0.15, 0.2) is 48.5 Å². The first-order valence-electron chi connectivity index (χ1n) is 10.3. The van der Waals surface area contributed by atoms with Crippen LogP contribution in [-0.4, -0.2) is 24.5 Å². The number of aryl methyl sites for hydroxylation is 1. The van der Waals surface area contributed by atoms with Gasteiger partial charge in [0.05, 0.1) is 0 Å². The van der Waals surface area contributed by atoms with Gasteiger partial charge in [0.15, 0.2) is 6.61 Å². The summed E-state index contributed by atoms with van der Waals surface area (Å²) in [5.41, 5.74) is 2.49. The lowest BCUT2D eigenvalue weighted by molar-refractivity contribution is -0.125. The molecule has 2 aromatic carbocycles. The maximum atomic E-state index is 12.5. The Morgan fingerprint density at radius 1 is 1.07 bits per heavy atom. The Kier molecular flexibility index (Phi) is 7.28. The highest BCUT2D eigenvalue weighted by molar-refractivity contribution is 5.94. The Balaban J connectivity index is 1.54. The number of carbonyl (C=O) groups is 2. The number of amides is 1. The topological polar surface area (TPSA) is 64.6 Å². The van der Waals surface area contributed by atoms with Crippen molar-refractivity contribution in [2.24, 2.45) is 5.92 Å².